The van der Waals surface area contributed by atoms with Crippen molar-refractivity contribution in [3.05, 3.63) is 70.1 Å². The highest BCUT2D eigenvalue weighted by Gasteiger charge is 2.47. The molecule has 4 saturated heterocycles. The van der Waals surface area contributed by atoms with E-state index in [0.717, 1.165) is 114 Å². The second-order valence-electron chi connectivity index (χ2n) is 17.5. The van der Waals surface area contributed by atoms with Gasteiger partial charge in [-0.05, 0) is 114 Å². The lowest BCUT2D eigenvalue weighted by atomic mass is 9.71. The molecule has 3 atom stereocenters. The average molecular weight is 839 g/mol. The van der Waals surface area contributed by atoms with Crippen molar-refractivity contribution in [2.45, 2.75) is 94.9 Å². The van der Waals surface area contributed by atoms with Crippen molar-refractivity contribution in [3.63, 3.8) is 0 Å². The lowest BCUT2D eigenvalue weighted by molar-refractivity contribution is -0.0413. The van der Waals surface area contributed by atoms with Gasteiger partial charge >= 0.3 is 0 Å². The third-order valence-corrected chi connectivity index (χ3v) is 13.9. The van der Waals surface area contributed by atoms with Crippen LogP contribution >= 0.6 is 11.6 Å². The second-order valence-corrected chi connectivity index (χ2v) is 17.9. The minimum Gasteiger partial charge on any atom is -0.489 e. The molecule has 316 valence electrons. The number of aliphatic hydroxyl groups is 2. The quantitative estimate of drug-likeness (QED) is 0.229. The standard InChI is InChI=1S/C43H51ClN10O6/c44-33-20-30(22-46-35(33)21-45)60-29-4-1-27(2-5-29)47-39(56)34-7-9-37(50-49-34)52-15-11-26(12-16-52)23-51-17-13-43(14-18-51)24-53(25-43)28-3-6-31-32(19-28)42(59)54(41(31)58)36-8-10-38(55)48-40(36)57/h3,6-7,9,19-20,22,26-27,29,36,38,40,48,55,57H,1-2,4-5,8,10-18,23-25H2,(H,47,56). The molecule has 3 aromatic rings. The Labute approximate surface area is 353 Å². The number of piperidine rings is 3. The minimum absolute atomic E-state index is 0.0125. The predicted octanol–water partition coefficient (Wildman–Crippen LogP) is 3.32. The van der Waals surface area contributed by atoms with Gasteiger partial charge in [0, 0.05) is 55.9 Å². The summed E-state index contributed by atoms with van der Waals surface area (Å²) in [6.07, 6.45) is 7.69. The van der Waals surface area contributed by atoms with E-state index in [1.54, 1.807) is 18.2 Å². The molecule has 2 aromatic heterocycles. The van der Waals surface area contributed by atoms with Gasteiger partial charge in [-0.2, -0.15) is 5.26 Å². The number of rotatable bonds is 9. The van der Waals surface area contributed by atoms with Crippen molar-refractivity contribution in [3.8, 4) is 11.8 Å². The van der Waals surface area contributed by atoms with E-state index < -0.39 is 24.4 Å². The first-order valence-corrected chi connectivity index (χ1v) is 21.7. The van der Waals surface area contributed by atoms with Gasteiger partial charge in [0.1, 0.15) is 24.3 Å². The molecule has 6 aliphatic rings. The number of carbonyl (C=O) groups is 3. The fourth-order valence-corrected chi connectivity index (χ4v) is 10.2. The summed E-state index contributed by atoms with van der Waals surface area (Å²) in [4.78, 5) is 52.0. The van der Waals surface area contributed by atoms with E-state index in [2.05, 4.69) is 40.5 Å². The van der Waals surface area contributed by atoms with Crippen molar-refractivity contribution in [1.82, 2.24) is 35.6 Å². The highest BCUT2D eigenvalue weighted by molar-refractivity contribution is 6.31. The summed E-state index contributed by atoms with van der Waals surface area (Å²) < 4.78 is 6.03. The number of hydrogen-bond acceptors (Lipinski definition) is 14. The van der Waals surface area contributed by atoms with E-state index in [1.165, 1.54) is 6.20 Å². The molecule has 1 saturated carbocycles. The van der Waals surface area contributed by atoms with Gasteiger partial charge in [0.15, 0.2) is 17.2 Å². The molecule has 3 amide bonds. The molecule has 60 heavy (non-hydrogen) atoms. The number of likely N-dealkylation sites (tertiary alicyclic amines) is 1. The number of carbonyl (C=O) groups excluding carboxylic acids is 3. The van der Waals surface area contributed by atoms with Crippen LogP contribution < -0.4 is 25.2 Å². The molecular formula is C43H51ClN10O6. The Bertz CT molecular complexity index is 2140. The van der Waals surface area contributed by atoms with Crippen LogP contribution in [-0.2, 0) is 0 Å². The number of nitriles is 1. The third-order valence-electron chi connectivity index (χ3n) is 13.6. The van der Waals surface area contributed by atoms with Crippen LogP contribution in [0, 0.1) is 22.7 Å². The first kappa shape index (κ1) is 40.5. The maximum Gasteiger partial charge on any atom is 0.272 e. The Morgan fingerprint density at radius 1 is 0.917 bits per heavy atom. The molecule has 5 aliphatic heterocycles. The molecule has 4 N–H and O–H groups in total. The number of fused-ring (bicyclic) bond motifs is 1. The smallest absolute Gasteiger partial charge is 0.272 e. The number of hydrogen-bond donors (Lipinski definition) is 4. The summed E-state index contributed by atoms with van der Waals surface area (Å²) >= 11 is 6.09. The number of imide groups is 1. The van der Waals surface area contributed by atoms with Gasteiger partial charge in [0.05, 0.1) is 34.5 Å². The van der Waals surface area contributed by atoms with E-state index in [-0.39, 0.29) is 40.1 Å². The van der Waals surface area contributed by atoms with Gasteiger partial charge < -0.3 is 35.0 Å². The van der Waals surface area contributed by atoms with Crippen LogP contribution in [0.5, 0.6) is 5.75 Å². The molecule has 1 aliphatic carbocycles. The Hall–Kier alpha value is -4.92. The predicted molar refractivity (Wildman–Crippen MR) is 221 cm³/mol. The van der Waals surface area contributed by atoms with Gasteiger partial charge in [-0.15, -0.1) is 10.2 Å². The van der Waals surface area contributed by atoms with Crippen molar-refractivity contribution in [1.29, 1.82) is 5.26 Å². The number of nitrogens with one attached hydrogen (secondary N) is 2. The number of pyridine rings is 1. The zero-order valence-corrected chi connectivity index (χ0v) is 34.3. The van der Waals surface area contributed by atoms with Crippen LogP contribution in [0.15, 0.2) is 42.6 Å². The highest BCUT2D eigenvalue weighted by atomic mass is 35.5. The molecule has 16 nitrogen and oxygen atoms in total. The SMILES string of the molecule is N#Cc1ncc(OC2CCC(NC(=O)c3ccc(N4CCC(CN5CCC6(CC5)CN(c5ccc7c(c5)C(=O)N(C5CCC(O)NC5O)C7=O)C6)CC4)nn3)CC2)cc1Cl. The van der Waals surface area contributed by atoms with Gasteiger partial charge in [-0.1, -0.05) is 11.6 Å². The topological polar surface area (TPSA) is 200 Å². The summed E-state index contributed by atoms with van der Waals surface area (Å²) in [6, 6.07) is 12.0. The lowest BCUT2D eigenvalue weighted by Gasteiger charge is -2.55. The summed E-state index contributed by atoms with van der Waals surface area (Å²) in [5.74, 6) is 0.954. The van der Waals surface area contributed by atoms with Crippen LogP contribution in [-0.4, -0.2) is 129 Å². The summed E-state index contributed by atoms with van der Waals surface area (Å²) in [7, 11) is 0. The molecule has 1 aromatic carbocycles. The van der Waals surface area contributed by atoms with Crippen LogP contribution in [0.2, 0.25) is 5.02 Å². The summed E-state index contributed by atoms with van der Waals surface area (Å²) in [6.45, 7) is 6.91. The largest absolute Gasteiger partial charge is 0.489 e. The number of halogens is 1. The third kappa shape index (κ3) is 8.25. The Morgan fingerprint density at radius 2 is 1.67 bits per heavy atom. The molecule has 0 bridgehead atoms. The van der Waals surface area contributed by atoms with Gasteiger partial charge in [-0.25, -0.2) is 4.98 Å². The summed E-state index contributed by atoms with van der Waals surface area (Å²) in [5, 5.41) is 44.0. The minimum atomic E-state index is -1.17. The van der Waals surface area contributed by atoms with Crippen LogP contribution in [0.25, 0.3) is 0 Å². The zero-order chi connectivity index (χ0) is 41.5. The average Bonchev–Trinajstić information content (AvgIpc) is 3.49. The van der Waals surface area contributed by atoms with Gasteiger partial charge in [0.2, 0.25) is 0 Å². The van der Waals surface area contributed by atoms with Crippen molar-refractivity contribution >= 4 is 40.8 Å². The van der Waals surface area contributed by atoms with Crippen molar-refractivity contribution in [2.24, 2.45) is 11.3 Å². The number of amides is 3. The maximum absolute atomic E-state index is 13.4. The number of aliphatic hydroxyl groups excluding tert-OH is 2. The molecule has 0 radical (unpaired) electrons. The van der Waals surface area contributed by atoms with Crippen molar-refractivity contribution in [2.75, 3.05) is 55.6 Å². The highest BCUT2D eigenvalue weighted by Crippen LogP contribution is 2.44. The number of aromatic nitrogens is 3. The monoisotopic (exact) mass is 838 g/mol. The van der Waals surface area contributed by atoms with E-state index >= 15 is 0 Å². The van der Waals surface area contributed by atoms with Crippen molar-refractivity contribution < 1.29 is 29.3 Å². The molecule has 1 spiro atoms. The lowest BCUT2D eigenvalue weighted by Crippen LogP contribution is -2.60. The van der Waals surface area contributed by atoms with Crippen LogP contribution in [0.3, 0.4) is 0 Å². The molecule has 3 unspecified atom stereocenters. The van der Waals surface area contributed by atoms with Crippen LogP contribution in [0.1, 0.15) is 101 Å². The number of ether oxygens (including phenoxy) is 1. The molecular weight excluding hydrogens is 788 g/mol. The normalized spacial score (nSPS) is 27.0. The van der Waals surface area contributed by atoms with E-state index in [9.17, 15) is 24.6 Å². The maximum atomic E-state index is 13.4. The Morgan fingerprint density at radius 3 is 2.35 bits per heavy atom. The molecule has 9 rings (SSSR count). The molecule has 17 heteroatoms. The number of nitrogens with zero attached hydrogens (tertiary/aromatic N) is 8. The van der Waals surface area contributed by atoms with E-state index in [0.29, 0.717) is 41.3 Å². The molecule has 5 fully saturated rings. The fourth-order valence-electron chi connectivity index (χ4n) is 10.0. The van der Waals surface area contributed by atoms with E-state index in [1.807, 2.05) is 24.3 Å². The number of benzene rings is 1. The number of anilines is 2. The fraction of sp³-hybridized carbons (Fsp3) is 0.558. The Kier molecular flexibility index (Phi) is 11.4. The summed E-state index contributed by atoms with van der Waals surface area (Å²) in [5.41, 5.74) is 2.45. The first-order valence-electron chi connectivity index (χ1n) is 21.3. The second kappa shape index (κ2) is 16.9. The van der Waals surface area contributed by atoms with Crippen LogP contribution in [0.4, 0.5) is 11.5 Å². The Balaban J connectivity index is 0.682. The van der Waals surface area contributed by atoms with Gasteiger partial charge in [-0.3, -0.25) is 24.6 Å². The zero-order valence-electron chi connectivity index (χ0n) is 33.5. The van der Waals surface area contributed by atoms with Gasteiger partial charge in [0.25, 0.3) is 17.7 Å². The molecule has 7 heterocycles. The van der Waals surface area contributed by atoms with E-state index in [4.69, 9.17) is 21.6 Å². The first-order chi connectivity index (χ1) is 29.0.